The molecule has 212 valence electrons. The van der Waals surface area contributed by atoms with Crippen LogP contribution in [0.15, 0.2) is 48.5 Å². The van der Waals surface area contributed by atoms with E-state index in [9.17, 15) is 19.2 Å². The van der Waals surface area contributed by atoms with Crippen LogP contribution in [0.5, 0.6) is 11.5 Å². The zero-order chi connectivity index (χ0) is 28.6. The van der Waals surface area contributed by atoms with Crippen molar-refractivity contribution in [1.29, 1.82) is 0 Å². The van der Waals surface area contributed by atoms with E-state index in [1.54, 1.807) is 0 Å². The van der Waals surface area contributed by atoms with Gasteiger partial charge in [-0.1, -0.05) is 52.4 Å². The molecule has 0 amide bonds. The maximum absolute atomic E-state index is 13.1. The van der Waals surface area contributed by atoms with Crippen LogP contribution in [0.25, 0.3) is 0 Å². The van der Waals surface area contributed by atoms with E-state index in [0.29, 0.717) is 25.7 Å². The second-order valence-electron chi connectivity index (χ2n) is 9.31. The fourth-order valence-corrected chi connectivity index (χ4v) is 3.87. The van der Waals surface area contributed by atoms with E-state index < -0.39 is 36.1 Å². The minimum atomic E-state index is -1.08. The third kappa shape index (κ3) is 11.2. The summed E-state index contributed by atoms with van der Waals surface area (Å²) in [6, 6.07) is 11.3. The Kier molecular flexibility index (Phi) is 13.5. The van der Waals surface area contributed by atoms with Crippen LogP contribution in [0.1, 0.15) is 98.8 Å². The number of carbonyl (C=O) groups excluding carboxylic acids is 2. The summed E-state index contributed by atoms with van der Waals surface area (Å²) in [6.07, 6.45) is 5.65. The van der Waals surface area contributed by atoms with Gasteiger partial charge in [0.05, 0.1) is 11.1 Å². The van der Waals surface area contributed by atoms with E-state index in [1.807, 2.05) is 0 Å². The Labute approximate surface area is 229 Å². The molecule has 9 heteroatoms. The van der Waals surface area contributed by atoms with Crippen LogP contribution in [-0.4, -0.2) is 46.3 Å². The molecule has 2 atom stereocenters. The normalized spacial score (nSPS) is 12.3. The number of hydrogen-bond acceptors (Lipinski definition) is 7. The highest BCUT2D eigenvalue weighted by molar-refractivity contribution is 5.90. The van der Waals surface area contributed by atoms with Crippen molar-refractivity contribution in [1.82, 2.24) is 0 Å². The van der Waals surface area contributed by atoms with E-state index in [4.69, 9.17) is 24.4 Å². The molecule has 0 heterocycles. The van der Waals surface area contributed by atoms with Crippen LogP contribution in [0.3, 0.4) is 0 Å². The number of esters is 2. The molecule has 2 N–H and O–H groups in total. The van der Waals surface area contributed by atoms with Crippen LogP contribution in [-0.2, 0) is 14.3 Å². The molecule has 0 spiro atoms. The maximum Gasteiger partial charge on any atom is 0.355 e. The fraction of sp³-hybridized carbons (Fsp3) is 0.467. The van der Waals surface area contributed by atoms with Crippen molar-refractivity contribution < 1.29 is 43.6 Å². The number of carboxylic acids is 2. The van der Waals surface area contributed by atoms with Gasteiger partial charge >= 0.3 is 23.9 Å². The number of carboxylic acid groups (broad SMARTS) is 2. The third-order valence-corrected chi connectivity index (χ3v) is 6.13. The van der Waals surface area contributed by atoms with Crippen molar-refractivity contribution in [2.75, 3.05) is 0 Å². The first-order valence-electron chi connectivity index (χ1n) is 13.5. The molecule has 0 aromatic heterocycles. The van der Waals surface area contributed by atoms with E-state index in [0.717, 1.165) is 38.5 Å². The van der Waals surface area contributed by atoms with E-state index in [-0.39, 0.29) is 22.6 Å². The van der Waals surface area contributed by atoms with Gasteiger partial charge in [-0.05, 0) is 74.2 Å². The van der Waals surface area contributed by atoms with Crippen LogP contribution in [0, 0.1) is 0 Å². The highest BCUT2D eigenvalue weighted by Crippen LogP contribution is 2.21. The molecule has 0 aliphatic heterocycles. The van der Waals surface area contributed by atoms with Crippen molar-refractivity contribution >= 4 is 23.9 Å². The Morgan fingerprint density at radius 2 is 0.949 bits per heavy atom. The molecule has 0 aliphatic carbocycles. The largest absolute Gasteiger partial charge is 0.479 e. The smallest absolute Gasteiger partial charge is 0.355 e. The van der Waals surface area contributed by atoms with Crippen molar-refractivity contribution in [3.63, 3.8) is 0 Å². The van der Waals surface area contributed by atoms with Crippen LogP contribution in [0.2, 0.25) is 0 Å². The van der Waals surface area contributed by atoms with Crippen LogP contribution >= 0.6 is 0 Å². The Bertz CT molecular complexity index is 975. The summed E-state index contributed by atoms with van der Waals surface area (Å²) in [5.74, 6) is -3.27. The molecule has 0 bridgehead atoms. The maximum atomic E-state index is 13.1. The standard InChI is InChI=1S/C30H38O9/c1-3-5-7-9-11-25(37-23-17-13-21(14-18-23)27(31)32)29(35)39-30(36)26(12-10-8-6-4-2)38-24-19-15-22(16-20-24)28(33)34/h13-20,25-26H,3-12H2,1-2H3,(H,31,32)(H,33,34). The van der Waals surface area contributed by atoms with Gasteiger partial charge in [-0.2, -0.15) is 0 Å². The monoisotopic (exact) mass is 542 g/mol. The average Bonchev–Trinajstić information content (AvgIpc) is 2.92. The molecule has 2 aromatic rings. The first-order chi connectivity index (χ1) is 18.7. The second kappa shape index (κ2) is 16.9. The molecule has 2 rings (SSSR count). The van der Waals surface area contributed by atoms with Crippen molar-refractivity contribution in [3.8, 4) is 11.5 Å². The molecule has 0 saturated carbocycles. The predicted molar refractivity (Wildman–Crippen MR) is 144 cm³/mol. The quantitative estimate of drug-likeness (QED) is 0.126. The van der Waals surface area contributed by atoms with Crippen molar-refractivity contribution in [3.05, 3.63) is 59.7 Å². The lowest BCUT2D eigenvalue weighted by molar-refractivity contribution is -0.170. The first kappa shape index (κ1) is 31.3. The molecular formula is C30H38O9. The Balaban J connectivity index is 2.13. The number of benzene rings is 2. The van der Waals surface area contributed by atoms with E-state index >= 15 is 0 Å². The summed E-state index contributed by atoms with van der Waals surface area (Å²) in [4.78, 5) is 48.4. The van der Waals surface area contributed by atoms with Crippen LogP contribution in [0.4, 0.5) is 0 Å². The molecule has 0 fully saturated rings. The summed E-state index contributed by atoms with van der Waals surface area (Å²) >= 11 is 0. The third-order valence-electron chi connectivity index (χ3n) is 6.13. The molecule has 2 aromatic carbocycles. The SMILES string of the molecule is CCCCCCC(Oc1ccc(C(=O)O)cc1)C(=O)OC(=O)C(CCCCCC)Oc1ccc(C(=O)O)cc1. The zero-order valence-corrected chi connectivity index (χ0v) is 22.6. The highest BCUT2D eigenvalue weighted by atomic mass is 16.6. The molecule has 2 unspecified atom stereocenters. The fourth-order valence-electron chi connectivity index (χ4n) is 3.87. The lowest BCUT2D eigenvalue weighted by Gasteiger charge is -2.21. The predicted octanol–water partition coefficient (Wildman–Crippen LogP) is 6.29. The lowest BCUT2D eigenvalue weighted by atomic mass is 10.1. The van der Waals surface area contributed by atoms with Gasteiger partial charge in [0.2, 0.25) is 0 Å². The summed E-state index contributed by atoms with van der Waals surface area (Å²) in [6.45, 7) is 4.14. The number of hydrogen-bond donors (Lipinski definition) is 2. The molecular weight excluding hydrogens is 504 g/mol. The number of ether oxygens (including phenoxy) is 3. The molecule has 39 heavy (non-hydrogen) atoms. The Morgan fingerprint density at radius 1 is 0.590 bits per heavy atom. The summed E-state index contributed by atoms with van der Waals surface area (Å²) in [5.41, 5.74) is 0.165. The molecule has 9 nitrogen and oxygen atoms in total. The number of unbranched alkanes of at least 4 members (excludes halogenated alkanes) is 6. The van der Waals surface area contributed by atoms with E-state index in [1.165, 1.54) is 48.5 Å². The van der Waals surface area contributed by atoms with Gasteiger partial charge in [-0.15, -0.1) is 0 Å². The lowest BCUT2D eigenvalue weighted by Crippen LogP contribution is -2.37. The zero-order valence-electron chi connectivity index (χ0n) is 22.6. The molecule has 0 saturated heterocycles. The van der Waals surface area contributed by atoms with Crippen LogP contribution < -0.4 is 9.47 Å². The van der Waals surface area contributed by atoms with Gasteiger partial charge in [0, 0.05) is 0 Å². The molecule has 0 aliphatic rings. The summed E-state index contributed by atoms with van der Waals surface area (Å²) in [5, 5.41) is 18.2. The topological polar surface area (TPSA) is 136 Å². The van der Waals surface area contributed by atoms with Gasteiger partial charge in [0.25, 0.3) is 0 Å². The van der Waals surface area contributed by atoms with Crippen molar-refractivity contribution in [2.24, 2.45) is 0 Å². The number of rotatable bonds is 18. The van der Waals surface area contributed by atoms with E-state index in [2.05, 4.69) is 13.8 Å². The summed E-state index contributed by atoms with van der Waals surface area (Å²) < 4.78 is 16.9. The molecule has 0 radical (unpaired) electrons. The number of aromatic carboxylic acids is 2. The Hall–Kier alpha value is -3.88. The number of carbonyl (C=O) groups is 4. The first-order valence-corrected chi connectivity index (χ1v) is 13.5. The second-order valence-corrected chi connectivity index (χ2v) is 9.31. The highest BCUT2D eigenvalue weighted by Gasteiger charge is 2.30. The van der Waals surface area contributed by atoms with Gasteiger partial charge in [0.1, 0.15) is 11.5 Å². The average molecular weight is 543 g/mol. The van der Waals surface area contributed by atoms with Gasteiger partial charge in [0.15, 0.2) is 12.2 Å². The Morgan fingerprint density at radius 3 is 1.26 bits per heavy atom. The van der Waals surface area contributed by atoms with Crippen molar-refractivity contribution in [2.45, 2.75) is 90.3 Å². The minimum absolute atomic E-state index is 0.0825. The van der Waals surface area contributed by atoms with Gasteiger partial charge < -0.3 is 24.4 Å². The van der Waals surface area contributed by atoms with Gasteiger partial charge in [-0.25, -0.2) is 19.2 Å². The summed E-state index contributed by atoms with van der Waals surface area (Å²) in [7, 11) is 0. The minimum Gasteiger partial charge on any atom is -0.479 e. The van der Waals surface area contributed by atoms with Gasteiger partial charge in [-0.3, -0.25) is 0 Å².